The third kappa shape index (κ3) is 5.00. The molecule has 1 aliphatic carbocycles. The van der Waals surface area contributed by atoms with E-state index in [2.05, 4.69) is 64.5 Å². The Morgan fingerprint density at radius 2 is 1.60 bits per heavy atom. The number of piperidine rings is 1. The normalized spacial score (nSPS) is 27.4. The lowest BCUT2D eigenvalue weighted by Crippen LogP contribution is -2.38. The van der Waals surface area contributed by atoms with Crippen LogP contribution in [0.25, 0.3) is 0 Å². The van der Waals surface area contributed by atoms with Crippen molar-refractivity contribution in [2.75, 3.05) is 34.4 Å². The van der Waals surface area contributed by atoms with Gasteiger partial charge < -0.3 is 9.80 Å². The molecule has 2 unspecified atom stereocenters. The van der Waals surface area contributed by atoms with Crippen molar-refractivity contribution < 1.29 is 13.2 Å². The largest absolute Gasteiger partial charge is 0.372 e. The summed E-state index contributed by atoms with van der Waals surface area (Å²) in [5, 5.41) is 0.607. The van der Waals surface area contributed by atoms with E-state index < -0.39 is 9.84 Å². The van der Waals surface area contributed by atoms with E-state index >= 15 is 0 Å². The monoisotopic (exact) mass is 509 g/mol. The Bertz CT molecular complexity index is 1220. The Labute approximate surface area is 211 Å². The number of carbonyl (C=O) groups excluding carboxylic acids is 1. The molecule has 0 spiro atoms. The number of aliphatic imine (C=N–C) groups is 1. The van der Waals surface area contributed by atoms with Crippen molar-refractivity contribution in [2.45, 2.75) is 43.4 Å². The molecule has 184 valence electrons. The van der Waals surface area contributed by atoms with Crippen LogP contribution in [-0.4, -0.2) is 55.4 Å². The highest BCUT2D eigenvalue weighted by atomic mass is 32.2. The van der Waals surface area contributed by atoms with Gasteiger partial charge in [0.2, 0.25) is 0 Å². The number of amides is 1. The number of rotatable bonds is 5. The lowest BCUT2D eigenvalue weighted by Gasteiger charge is -2.34. The summed E-state index contributed by atoms with van der Waals surface area (Å²) in [5.41, 5.74) is 3.54. The number of sulfone groups is 1. The molecule has 0 radical (unpaired) electrons. The number of anilines is 2. The SMILES string of the molecule is O=C(N=C1SC2CS(=O)(=O)CC2N1c1ccc(N2CCC(Cc3ccccc3)CC2)cc1)C1CC1. The van der Waals surface area contributed by atoms with E-state index in [1.54, 1.807) is 0 Å². The van der Waals surface area contributed by atoms with Crippen LogP contribution in [-0.2, 0) is 21.1 Å². The Morgan fingerprint density at radius 3 is 2.29 bits per heavy atom. The van der Waals surface area contributed by atoms with E-state index in [-0.39, 0.29) is 34.6 Å². The number of carbonyl (C=O) groups is 1. The third-order valence-electron chi connectivity index (χ3n) is 7.67. The predicted molar refractivity (Wildman–Crippen MR) is 143 cm³/mol. The van der Waals surface area contributed by atoms with Crippen molar-refractivity contribution in [3.63, 3.8) is 0 Å². The first-order valence-corrected chi connectivity index (χ1v) is 15.3. The van der Waals surface area contributed by atoms with E-state index in [4.69, 9.17) is 0 Å². The summed E-state index contributed by atoms with van der Waals surface area (Å²) in [6, 6.07) is 19.0. The topological polar surface area (TPSA) is 70.0 Å². The van der Waals surface area contributed by atoms with Gasteiger partial charge in [0.25, 0.3) is 5.91 Å². The molecule has 35 heavy (non-hydrogen) atoms. The van der Waals surface area contributed by atoms with E-state index in [1.165, 1.54) is 35.9 Å². The van der Waals surface area contributed by atoms with E-state index in [0.717, 1.165) is 44.0 Å². The molecule has 0 N–H and O–H groups in total. The van der Waals surface area contributed by atoms with Gasteiger partial charge in [0, 0.05) is 35.6 Å². The van der Waals surface area contributed by atoms with Crippen LogP contribution in [0.3, 0.4) is 0 Å². The molecule has 1 saturated carbocycles. The Balaban J connectivity index is 1.16. The van der Waals surface area contributed by atoms with E-state index in [0.29, 0.717) is 5.17 Å². The summed E-state index contributed by atoms with van der Waals surface area (Å²) in [6.45, 7) is 2.09. The quantitative estimate of drug-likeness (QED) is 0.603. The van der Waals surface area contributed by atoms with Crippen LogP contribution in [0, 0.1) is 11.8 Å². The van der Waals surface area contributed by atoms with Gasteiger partial charge in [-0.1, -0.05) is 42.1 Å². The molecule has 6 rings (SSSR count). The molecular formula is C27H31N3O3S2. The number of hydrogen-bond acceptors (Lipinski definition) is 5. The maximum atomic E-state index is 12.4. The van der Waals surface area contributed by atoms with Crippen molar-refractivity contribution in [1.82, 2.24) is 0 Å². The average Bonchev–Trinajstić information content (AvgIpc) is 3.60. The molecule has 4 fully saturated rings. The van der Waals surface area contributed by atoms with Crippen LogP contribution in [0.15, 0.2) is 59.6 Å². The first kappa shape index (κ1) is 23.1. The van der Waals surface area contributed by atoms with E-state index in [1.807, 2.05) is 4.90 Å². The minimum Gasteiger partial charge on any atom is -0.372 e. The molecule has 2 aromatic rings. The average molecular weight is 510 g/mol. The van der Waals surface area contributed by atoms with Gasteiger partial charge in [-0.3, -0.25) is 4.79 Å². The number of nitrogens with zero attached hydrogens (tertiary/aromatic N) is 3. The molecule has 2 atom stereocenters. The summed E-state index contributed by atoms with van der Waals surface area (Å²) in [7, 11) is -3.07. The second-order valence-electron chi connectivity index (χ2n) is 10.3. The Hall–Kier alpha value is -2.32. The fourth-order valence-electron chi connectivity index (χ4n) is 5.55. The van der Waals surface area contributed by atoms with Gasteiger partial charge >= 0.3 is 0 Å². The molecule has 6 nitrogen and oxygen atoms in total. The highest BCUT2D eigenvalue weighted by Crippen LogP contribution is 2.42. The summed E-state index contributed by atoms with van der Waals surface area (Å²) in [6.07, 6.45) is 5.34. The van der Waals surface area contributed by atoms with Crippen molar-refractivity contribution in [1.29, 1.82) is 0 Å². The van der Waals surface area contributed by atoms with Crippen molar-refractivity contribution in [3.05, 3.63) is 60.2 Å². The molecule has 8 heteroatoms. The maximum Gasteiger partial charge on any atom is 0.251 e. The van der Waals surface area contributed by atoms with Gasteiger partial charge in [-0.05, 0) is 67.9 Å². The molecule has 0 aromatic heterocycles. The smallest absolute Gasteiger partial charge is 0.251 e. The summed E-state index contributed by atoms with van der Waals surface area (Å²) in [4.78, 5) is 21.3. The lowest BCUT2D eigenvalue weighted by atomic mass is 9.90. The zero-order valence-electron chi connectivity index (χ0n) is 19.8. The molecule has 3 aliphatic heterocycles. The predicted octanol–water partition coefficient (Wildman–Crippen LogP) is 4.16. The number of fused-ring (bicyclic) bond motifs is 1. The number of amidine groups is 1. The summed E-state index contributed by atoms with van der Waals surface area (Å²) < 4.78 is 24.6. The molecular weight excluding hydrogens is 478 g/mol. The van der Waals surface area contributed by atoms with Gasteiger partial charge in [-0.15, -0.1) is 0 Å². The third-order valence-corrected chi connectivity index (χ3v) is 10.9. The minimum absolute atomic E-state index is 0.0568. The molecule has 4 aliphatic rings. The second-order valence-corrected chi connectivity index (χ2v) is 13.7. The maximum absolute atomic E-state index is 12.4. The van der Waals surface area contributed by atoms with Crippen molar-refractivity contribution in [2.24, 2.45) is 16.8 Å². The number of thioether (sulfide) groups is 1. The minimum atomic E-state index is -3.07. The Kier molecular flexibility index (Phi) is 6.13. The molecule has 3 heterocycles. The van der Waals surface area contributed by atoms with Gasteiger partial charge in [-0.25, -0.2) is 8.42 Å². The standard InChI is InChI=1S/C27H31N3O3S2/c31-26(21-6-7-21)28-27-30(24-17-35(32,33)18-25(24)34-27)23-10-8-22(9-11-23)29-14-12-20(13-15-29)16-19-4-2-1-3-5-19/h1-5,8-11,20-21,24-25H,6-7,12-18H2. The van der Waals surface area contributed by atoms with Gasteiger partial charge in [0.1, 0.15) is 0 Å². The summed E-state index contributed by atoms with van der Waals surface area (Å²) in [5.74, 6) is 0.999. The van der Waals surface area contributed by atoms with Crippen LogP contribution >= 0.6 is 11.8 Å². The molecule has 2 aromatic carbocycles. The van der Waals surface area contributed by atoms with Crippen LogP contribution in [0.1, 0.15) is 31.2 Å². The highest BCUT2D eigenvalue weighted by Gasteiger charge is 2.49. The Morgan fingerprint density at radius 1 is 0.914 bits per heavy atom. The van der Waals surface area contributed by atoms with Crippen LogP contribution in [0.2, 0.25) is 0 Å². The van der Waals surface area contributed by atoms with Crippen molar-refractivity contribution in [3.8, 4) is 0 Å². The van der Waals surface area contributed by atoms with Crippen molar-refractivity contribution >= 4 is 44.0 Å². The highest BCUT2D eigenvalue weighted by molar-refractivity contribution is 8.16. The van der Waals surface area contributed by atoms with Gasteiger partial charge in [-0.2, -0.15) is 4.99 Å². The van der Waals surface area contributed by atoms with Crippen LogP contribution in [0.4, 0.5) is 11.4 Å². The first-order valence-electron chi connectivity index (χ1n) is 12.6. The molecule has 3 saturated heterocycles. The molecule has 1 amide bonds. The first-order chi connectivity index (χ1) is 16.9. The van der Waals surface area contributed by atoms with Crippen LogP contribution < -0.4 is 9.80 Å². The second kappa shape index (κ2) is 9.28. The lowest BCUT2D eigenvalue weighted by molar-refractivity contribution is -0.118. The fourth-order valence-corrected chi connectivity index (χ4v) is 9.47. The zero-order valence-corrected chi connectivity index (χ0v) is 21.4. The summed E-state index contributed by atoms with van der Waals surface area (Å²) >= 11 is 1.46. The van der Waals surface area contributed by atoms with E-state index in [9.17, 15) is 13.2 Å². The fraction of sp³-hybridized carbons (Fsp3) is 0.481. The zero-order chi connectivity index (χ0) is 24.0. The number of hydrogen-bond donors (Lipinski definition) is 0. The molecule has 0 bridgehead atoms. The van der Waals surface area contributed by atoms with Gasteiger partial charge in [0.05, 0.1) is 17.5 Å². The van der Waals surface area contributed by atoms with Crippen LogP contribution in [0.5, 0.6) is 0 Å². The van der Waals surface area contributed by atoms with Gasteiger partial charge in [0.15, 0.2) is 15.0 Å². The number of benzene rings is 2.